The number of ketones is 2. The number of aromatic hydroxyl groups is 1. The molecule has 0 unspecified atom stereocenters. The van der Waals surface area contributed by atoms with Gasteiger partial charge in [-0.3, -0.25) is 28.9 Å². The van der Waals surface area contributed by atoms with Crippen LogP contribution in [0.1, 0.15) is 30.9 Å². The minimum absolute atomic E-state index is 0.0217. The van der Waals surface area contributed by atoms with Gasteiger partial charge in [0.2, 0.25) is 5.78 Å². The second-order valence-corrected chi connectivity index (χ2v) is 14.9. The molecule has 1 amide bonds. The van der Waals surface area contributed by atoms with Crippen LogP contribution in [-0.2, 0) is 24.5 Å². The summed E-state index contributed by atoms with van der Waals surface area (Å²) >= 11 is 11.8. The number of carbonyl (C=O) groups is 3. The molecule has 0 radical (unpaired) electrons. The van der Waals surface area contributed by atoms with Crippen molar-refractivity contribution in [3.05, 3.63) is 46.2 Å². The Bertz CT molecular complexity index is 1530. The van der Waals surface area contributed by atoms with Crippen LogP contribution in [0, 0.1) is 11.8 Å². The molecule has 8 N–H and O–H groups in total. The fourth-order valence-corrected chi connectivity index (χ4v) is 9.46. The second-order valence-electron chi connectivity index (χ2n) is 11.9. The second kappa shape index (κ2) is 13.5. The number of alkyl halides is 2. The number of aliphatic hydroxyl groups is 5. The predicted molar refractivity (Wildman–Crippen MR) is 169 cm³/mol. The Morgan fingerprint density at radius 3 is 2.30 bits per heavy atom. The molecule has 4 rings (SSSR count). The molecule has 0 aliphatic heterocycles. The van der Waals surface area contributed by atoms with Crippen molar-refractivity contribution in [3.8, 4) is 5.75 Å². The number of likely N-dealkylation sites (N-methyl/N-ethyl adjacent to an activating group) is 1. The molecule has 0 bridgehead atoms. The van der Waals surface area contributed by atoms with Crippen LogP contribution >= 0.6 is 30.8 Å². The minimum Gasteiger partial charge on any atom is -0.508 e. The molecule has 17 heteroatoms. The fourth-order valence-electron chi connectivity index (χ4n) is 6.78. The van der Waals surface area contributed by atoms with E-state index in [1.807, 2.05) is 0 Å². The van der Waals surface area contributed by atoms with Crippen LogP contribution in [-0.4, -0.2) is 121 Å². The number of rotatable bonds is 12. The number of aliphatic hydroxyl groups excluding tert-OH is 3. The summed E-state index contributed by atoms with van der Waals surface area (Å²) in [4.78, 5) is 43.5. The lowest BCUT2D eigenvalue weighted by atomic mass is 9.54. The van der Waals surface area contributed by atoms with Crippen molar-refractivity contribution >= 4 is 54.0 Å². The number of hydrogen-bond acceptors (Lipinski definition) is 11. The topological polar surface area (TPSA) is 220 Å². The van der Waals surface area contributed by atoms with Gasteiger partial charge in [-0.05, 0) is 45.5 Å². The maximum atomic E-state index is 14.3. The largest absolute Gasteiger partial charge is 0.508 e. The zero-order valence-electron chi connectivity index (χ0n) is 25.5. The molecule has 14 nitrogen and oxygen atoms in total. The maximum Gasteiger partial charge on any atom is 0.308 e. The van der Waals surface area contributed by atoms with Crippen LogP contribution in [0.4, 0.5) is 0 Å². The number of halogens is 2. The minimum atomic E-state index is -4.16. The van der Waals surface area contributed by atoms with Gasteiger partial charge >= 0.3 is 7.59 Å². The Balaban J connectivity index is 1.89. The highest BCUT2D eigenvalue weighted by atomic mass is 35.5. The molecule has 254 valence electrons. The molecule has 0 aromatic heterocycles. The number of nitrogens with one attached hydrogen (secondary N) is 2. The number of Topliss-reactive ketones (excluding diaryl/α,β-unsaturated/α-hetero) is 2. The van der Waals surface area contributed by atoms with Crippen LogP contribution in [0.15, 0.2) is 35.1 Å². The molecular formula is C29H39Cl2N4O10P. The number of amides is 1. The quantitative estimate of drug-likeness (QED) is 0.0663. The van der Waals surface area contributed by atoms with Crippen molar-refractivity contribution in [2.75, 3.05) is 52.1 Å². The molecule has 1 aromatic carbocycles. The van der Waals surface area contributed by atoms with Gasteiger partial charge in [0.15, 0.2) is 11.4 Å². The zero-order valence-corrected chi connectivity index (χ0v) is 27.9. The van der Waals surface area contributed by atoms with Gasteiger partial charge in [-0.25, -0.2) is 9.76 Å². The first-order valence-corrected chi connectivity index (χ1v) is 17.3. The number of benzene rings is 1. The molecular weight excluding hydrogens is 666 g/mol. The highest BCUT2D eigenvalue weighted by molar-refractivity contribution is 7.58. The van der Waals surface area contributed by atoms with E-state index in [1.165, 1.54) is 48.8 Å². The third kappa shape index (κ3) is 5.78. The summed E-state index contributed by atoms with van der Waals surface area (Å²) in [5.74, 6) is -8.77. The first kappa shape index (κ1) is 36.3. The van der Waals surface area contributed by atoms with Gasteiger partial charge in [-0.2, -0.15) is 0 Å². The summed E-state index contributed by atoms with van der Waals surface area (Å²) in [6, 6.07) is 2.75. The van der Waals surface area contributed by atoms with Gasteiger partial charge in [-0.1, -0.05) is 12.1 Å². The van der Waals surface area contributed by atoms with E-state index in [4.69, 9.17) is 23.2 Å². The Morgan fingerprint density at radius 1 is 1.11 bits per heavy atom. The molecule has 0 spiro atoms. The van der Waals surface area contributed by atoms with E-state index in [2.05, 4.69) is 10.2 Å². The Morgan fingerprint density at radius 2 is 1.74 bits per heavy atom. The number of hydrogen-bond donors (Lipinski definition) is 8. The SMILES string of the molecule is CN(C)[C@@H]1C(=O)C(C(=O)N[P@@](=O)(NCCCO)N(CCCl)CCCl)=C(O)[C@@]2(O)C(=O)C3=C(O)c4c(O)cccc4[C@](C)(O)[C@H]3C[C@@H]12. The molecule has 0 heterocycles. The molecule has 3 aliphatic rings. The summed E-state index contributed by atoms with van der Waals surface area (Å²) < 4.78 is 15.4. The number of phenolic OH excluding ortho intramolecular Hbond substituents is 1. The van der Waals surface area contributed by atoms with E-state index in [1.54, 1.807) is 0 Å². The number of nitrogens with zero attached hydrogens (tertiary/aromatic N) is 2. The Labute approximate surface area is 275 Å². The fraction of sp³-hybridized carbons (Fsp3) is 0.552. The maximum absolute atomic E-state index is 14.3. The third-order valence-electron chi connectivity index (χ3n) is 9.00. The average Bonchev–Trinajstić information content (AvgIpc) is 2.97. The molecule has 1 saturated carbocycles. The van der Waals surface area contributed by atoms with Gasteiger partial charge in [0.05, 0.1) is 17.2 Å². The molecule has 3 aliphatic carbocycles. The van der Waals surface area contributed by atoms with Crippen molar-refractivity contribution in [2.24, 2.45) is 11.8 Å². The van der Waals surface area contributed by atoms with E-state index in [9.17, 15) is 49.6 Å². The van der Waals surface area contributed by atoms with Crippen LogP contribution in [0.3, 0.4) is 0 Å². The summed E-state index contributed by atoms with van der Waals surface area (Å²) in [6.45, 7) is 1.02. The van der Waals surface area contributed by atoms with Crippen LogP contribution in [0.25, 0.3) is 5.76 Å². The molecule has 6 atom stereocenters. The number of fused-ring (bicyclic) bond motifs is 3. The van der Waals surface area contributed by atoms with Crippen molar-refractivity contribution in [1.29, 1.82) is 0 Å². The lowest BCUT2D eigenvalue weighted by Gasteiger charge is -2.53. The highest BCUT2D eigenvalue weighted by Gasteiger charge is 2.66. The highest BCUT2D eigenvalue weighted by Crippen LogP contribution is 2.57. The Hall–Kier alpha value is -2.52. The summed E-state index contributed by atoms with van der Waals surface area (Å²) in [5.41, 5.74) is -6.47. The van der Waals surface area contributed by atoms with Gasteiger partial charge in [-0.15, -0.1) is 23.2 Å². The van der Waals surface area contributed by atoms with E-state index >= 15 is 0 Å². The van der Waals surface area contributed by atoms with E-state index in [0.717, 1.165) is 0 Å². The number of phenols is 1. The van der Waals surface area contributed by atoms with E-state index in [0.29, 0.717) is 0 Å². The monoisotopic (exact) mass is 704 g/mol. The van der Waals surface area contributed by atoms with Gasteiger partial charge < -0.3 is 30.6 Å². The van der Waals surface area contributed by atoms with Crippen LogP contribution in [0.2, 0.25) is 0 Å². The van der Waals surface area contributed by atoms with Crippen molar-refractivity contribution < 1.29 is 49.6 Å². The van der Waals surface area contributed by atoms with Gasteiger partial charge in [0.25, 0.3) is 5.91 Å². The Kier molecular flexibility index (Phi) is 10.7. The molecule has 1 fully saturated rings. The zero-order chi connectivity index (χ0) is 34.4. The van der Waals surface area contributed by atoms with E-state index < -0.39 is 82.6 Å². The lowest BCUT2D eigenvalue weighted by Crippen LogP contribution is -2.67. The van der Waals surface area contributed by atoms with Gasteiger partial charge in [0.1, 0.15) is 22.8 Å². The number of carbonyl (C=O) groups excluding carboxylic acids is 3. The third-order valence-corrected chi connectivity index (χ3v) is 11.7. The molecule has 46 heavy (non-hydrogen) atoms. The van der Waals surface area contributed by atoms with Crippen LogP contribution in [0.5, 0.6) is 5.75 Å². The first-order valence-electron chi connectivity index (χ1n) is 14.6. The predicted octanol–water partition coefficient (Wildman–Crippen LogP) is 1.12. The first-order chi connectivity index (χ1) is 21.5. The van der Waals surface area contributed by atoms with Crippen LogP contribution < -0.4 is 10.2 Å². The lowest BCUT2D eigenvalue weighted by molar-refractivity contribution is -0.159. The van der Waals surface area contributed by atoms with E-state index in [-0.39, 0.29) is 62.0 Å². The summed E-state index contributed by atoms with van der Waals surface area (Å²) in [6.07, 6.45) is -0.166. The van der Waals surface area contributed by atoms with Crippen molar-refractivity contribution in [1.82, 2.24) is 19.7 Å². The molecule has 0 saturated heterocycles. The standard InChI is InChI=1S/C29H39Cl2N4O10P/c1-28(43)15-6-4-7-18(37)19(15)23(38)20-16(28)14-17-22(34(2)3)24(39)21(26(41)29(17,44)25(20)40)27(42)33-46(45,32-10-5-13-36)35(11-8-30)12-9-31/h4,6-7,16-17,22,36-38,41,43-44H,5,8-14H2,1-3H3,(H2,32,33,42,45)/t16-,17-,22-,28-,29-,46-/m0/s1. The summed E-state index contributed by atoms with van der Waals surface area (Å²) in [5, 5.41) is 71.3. The van der Waals surface area contributed by atoms with Gasteiger partial charge in [0, 0.05) is 55.4 Å². The summed E-state index contributed by atoms with van der Waals surface area (Å²) in [7, 11) is -1.24. The molecule has 1 aromatic rings. The van der Waals surface area contributed by atoms with Crippen molar-refractivity contribution in [3.63, 3.8) is 0 Å². The normalized spacial score (nSPS) is 29.0. The average molecular weight is 706 g/mol. The smallest absolute Gasteiger partial charge is 0.308 e. The van der Waals surface area contributed by atoms with Crippen molar-refractivity contribution in [2.45, 2.75) is 37.0 Å².